The molecule has 0 atom stereocenters. The molecule has 1 N–H and O–H groups in total. The molecule has 0 aliphatic heterocycles. The molecule has 0 saturated heterocycles. The number of halogens is 1. The zero-order valence-corrected chi connectivity index (χ0v) is 10.8. The highest BCUT2D eigenvalue weighted by atomic mass is 35.5. The molecule has 2 aromatic rings. The predicted octanol–water partition coefficient (Wildman–Crippen LogP) is 4.03. The van der Waals surface area contributed by atoms with Crippen molar-refractivity contribution < 1.29 is 0 Å². The number of aromatic nitrogens is 1. The van der Waals surface area contributed by atoms with Gasteiger partial charge in [-0.15, -0.1) is 11.3 Å². The third-order valence-corrected chi connectivity index (χ3v) is 3.71. The van der Waals surface area contributed by atoms with E-state index >= 15 is 0 Å². The summed E-state index contributed by atoms with van der Waals surface area (Å²) in [6, 6.07) is 4.00. The molecule has 0 saturated carbocycles. The first-order chi connectivity index (χ1) is 7.66. The minimum Gasteiger partial charge on any atom is -0.379 e. The van der Waals surface area contributed by atoms with Crippen molar-refractivity contribution in [3.63, 3.8) is 0 Å². The number of nitrogens with zero attached hydrogens (tertiary/aromatic N) is 1. The molecule has 0 radical (unpaired) electrons. The highest BCUT2D eigenvalue weighted by Crippen LogP contribution is 2.20. The van der Waals surface area contributed by atoms with Crippen LogP contribution in [0.3, 0.4) is 0 Å². The molecule has 0 aromatic carbocycles. The van der Waals surface area contributed by atoms with Crippen LogP contribution >= 0.6 is 22.9 Å². The van der Waals surface area contributed by atoms with Crippen molar-refractivity contribution >= 4 is 28.6 Å². The van der Waals surface area contributed by atoms with Crippen LogP contribution in [0.15, 0.2) is 23.7 Å². The Hall–Kier alpha value is -1.06. The number of rotatable bonds is 3. The highest BCUT2D eigenvalue weighted by molar-refractivity contribution is 7.10. The zero-order valence-electron chi connectivity index (χ0n) is 9.25. The third kappa shape index (κ3) is 2.54. The number of nitrogens with one attached hydrogen (secondary N) is 1. The van der Waals surface area contributed by atoms with Gasteiger partial charge < -0.3 is 5.32 Å². The summed E-state index contributed by atoms with van der Waals surface area (Å²) >= 11 is 7.57. The lowest BCUT2D eigenvalue weighted by atomic mass is 10.2. The van der Waals surface area contributed by atoms with E-state index in [2.05, 4.69) is 28.7 Å². The third-order valence-electron chi connectivity index (χ3n) is 2.48. The fourth-order valence-corrected chi connectivity index (χ4v) is 2.53. The van der Waals surface area contributed by atoms with Gasteiger partial charge in [0.2, 0.25) is 0 Å². The zero-order chi connectivity index (χ0) is 11.5. The van der Waals surface area contributed by atoms with Crippen molar-refractivity contribution in [3.8, 4) is 0 Å². The van der Waals surface area contributed by atoms with Crippen molar-refractivity contribution in [2.75, 3.05) is 5.32 Å². The fraction of sp³-hybridized carbons (Fsp3) is 0.250. The van der Waals surface area contributed by atoms with E-state index in [9.17, 15) is 0 Å². The number of aryl methyl sites for hydroxylation is 2. The Labute approximate surface area is 104 Å². The van der Waals surface area contributed by atoms with Gasteiger partial charge in [0.15, 0.2) is 0 Å². The maximum atomic E-state index is 5.81. The topological polar surface area (TPSA) is 24.9 Å². The molecule has 2 aromatic heterocycles. The van der Waals surface area contributed by atoms with E-state index in [1.165, 1.54) is 10.4 Å². The van der Waals surface area contributed by atoms with Gasteiger partial charge in [-0.25, -0.2) is 4.98 Å². The van der Waals surface area contributed by atoms with Crippen LogP contribution in [0.5, 0.6) is 0 Å². The number of thiophene rings is 1. The summed E-state index contributed by atoms with van der Waals surface area (Å²) in [4.78, 5) is 5.42. The SMILES string of the molecule is Cc1cc(Cl)ncc1NCc1sccc1C. The van der Waals surface area contributed by atoms with Gasteiger partial charge >= 0.3 is 0 Å². The van der Waals surface area contributed by atoms with E-state index in [-0.39, 0.29) is 0 Å². The molecule has 2 heterocycles. The Kier molecular flexibility index (Phi) is 3.46. The maximum absolute atomic E-state index is 5.81. The van der Waals surface area contributed by atoms with Crippen LogP contribution in [-0.4, -0.2) is 4.98 Å². The normalized spacial score (nSPS) is 10.4. The summed E-state index contributed by atoms with van der Waals surface area (Å²) in [6.07, 6.45) is 1.78. The molecule has 0 bridgehead atoms. The van der Waals surface area contributed by atoms with Gasteiger partial charge in [-0.05, 0) is 42.5 Å². The molecular weight excluding hydrogens is 240 g/mol. The van der Waals surface area contributed by atoms with Crippen LogP contribution in [0.25, 0.3) is 0 Å². The molecule has 0 amide bonds. The van der Waals surface area contributed by atoms with Gasteiger partial charge in [0, 0.05) is 11.4 Å². The van der Waals surface area contributed by atoms with Gasteiger partial charge in [0.1, 0.15) is 5.15 Å². The number of anilines is 1. The predicted molar refractivity (Wildman–Crippen MR) is 70.4 cm³/mol. The van der Waals surface area contributed by atoms with Crippen LogP contribution in [0.2, 0.25) is 5.15 Å². The van der Waals surface area contributed by atoms with Crippen molar-refractivity contribution in [3.05, 3.63) is 44.9 Å². The van der Waals surface area contributed by atoms with Crippen LogP contribution in [0.4, 0.5) is 5.69 Å². The van der Waals surface area contributed by atoms with E-state index in [4.69, 9.17) is 11.6 Å². The second-order valence-corrected chi connectivity index (χ2v) is 5.09. The van der Waals surface area contributed by atoms with Gasteiger partial charge in [0.25, 0.3) is 0 Å². The minimum absolute atomic E-state index is 0.537. The molecule has 2 nitrogen and oxygen atoms in total. The van der Waals surface area contributed by atoms with E-state index in [1.54, 1.807) is 17.5 Å². The van der Waals surface area contributed by atoms with E-state index in [1.807, 2.05) is 13.0 Å². The molecule has 0 aliphatic rings. The van der Waals surface area contributed by atoms with Gasteiger partial charge in [-0.1, -0.05) is 11.6 Å². The summed E-state index contributed by atoms with van der Waals surface area (Å²) < 4.78 is 0. The van der Waals surface area contributed by atoms with Crippen LogP contribution in [0, 0.1) is 13.8 Å². The lowest BCUT2D eigenvalue weighted by molar-refractivity contribution is 1.14. The van der Waals surface area contributed by atoms with E-state index < -0.39 is 0 Å². The van der Waals surface area contributed by atoms with E-state index in [0.29, 0.717) is 5.15 Å². The Morgan fingerprint density at radius 2 is 2.19 bits per heavy atom. The molecular formula is C12H13ClN2S. The number of hydrogen-bond acceptors (Lipinski definition) is 3. The summed E-state index contributed by atoms with van der Waals surface area (Å²) in [6.45, 7) is 4.99. The Morgan fingerprint density at radius 1 is 1.38 bits per heavy atom. The average molecular weight is 253 g/mol. The van der Waals surface area contributed by atoms with Gasteiger partial charge in [0.05, 0.1) is 11.9 Å². The lowest BCUT2D eigenvalue weighted by Crippen LogP contribution is -2.01. The fourth-order valence-electron chi connectivity index (χ4n) is 1.47. The first kappa shape index (κ1) is 11.4. The van der Waals surface area contributed by atoms with Crippen molar-refractivity contribution in [1.82, 2.24) is 4.98 Å². The van der Waals surface area contributed by atoms with Crippen LogP contribution in [-0.2, 0) is 6.54 Å². The lowest BCUT2D eigenvalue weighted by Gasteiger charge is -2.08. The van der Waals surface area contributed by atoms with Crippen LogP contribution < -0.4 is 5.32 Å². The molecule has 16 heavy (non-hydrogen) atoms. The quantitative estimate of drug-likeness (QED) is 0.835. The Bertz CT molecular complexity index is 494. The monoisotopic (exact) mass is 252 g/mol. The molecule has 0 fully saturated rings. The van der Waals surface area contributed by atoms with E-state index in [0.717, 1.165) is 17.8 Å². The standard InChI is InChI=1S/C12H13ClN2S/c1-8-3-4-16-11(8)7-14-10-6-15-12(13)5-9(10)2/h3-6,14H,7H2,1-2H3. The Balaban J connectivity index is 2.08. The van der Waals surface area contributed by atoms with Gasteiger partial charge in [-0.3, -0.25) is 0 Å². The Morgan fingerprint density at radius 3 is 2.81 bits per heavy atom. The van der Waals surface area contributed by atoms with Gasteiger partial charge in [-0.2, -0.15) is 0 Å². The first-order valence-corrected chi connectivity index (χ1v) is 6.31. The summed E-state index contributed by atoms with van der Waals surface area (Å²) in [5.41, 5.74) is 3.49. The average Bonchev–Trinajstić information content (AvgIpc) is 2.63. The first-order valence-electron chi connectivity index (χ1n) is 5.06. The maximum Gasteiger partial charge on any atom is 0.129 e. The second-order valence-electron chi connectivity index (χ2n) is 3.70. The van der Waals surface area contributed by atoms with Crippen molar-refractivity contribution in [1.29, 1.82) is 0 Å². The minimum atomic E-state index is 0.537. The van der Waals surface area contributed by atoms with Crippen molar-refractivity contribution in [2.45, 2.75) is 20.4 Å². The molecule has 4 heteroatoms. The molecule has 0 aliphatic carbocycles. The highest BCUT2D eigenvalue weighted by Gasteiger charge is 2.02. The number of hydrogen-bond donors (Lipinski definition) is 1. The smallest absolute Gasteiger partial charge is 0.129 e. The molecule has 0 unspecified atom stereocenters. The largest absolute Gasteiger partial charge is 0.379 e. The molecule has 2 rings (SSSR count). The summed E-state index contributed by atoms with van der Waals surface area (Å²) in [7, 11) is 0. The second kappa shape index (κ2) is 4.85. The molecule has 84 valence electrons. The summed E-state index contributed by atoms with van der Waals surface area (Å²) in [5, 5.41) is 6.02. The number of pyridine rings is 1. The molecule has 0 spiro atoms. The summed E-state index contributed by atoms with van der Waals surface area (Å²) in [5.74, 6) is 0. The van der Waals surface area contributed by atoms with Crippen LogP contribution in [0.1, 0.15) is 16.0 Å². The van der Waals surface area contributed by atoms with Crippen molar-refractivity contribution in [2.24, 2.45) is 0 Å².